The molecule has 0 atom stereocenters. The van der Waals surface area contributed by atoms with Gasteiger partial charge < -0.3 is 4.57 Å². The van der Waals surface area contributed by atoms with Crippen LogP contribution in [0.5, 0.6) is 0 Å². The van der Waals surface area contributed by atoms with Gasteiger partial charge in [-0.15, -0.1) is 0 Å². The molecule has 18 heavy (non-hydrogen) atoms. The van der Waals surface area contributed by atoms with Gasteiger partial charge in [0.1, 0.15) is 0 Å². The largest absolute Gasteiger partial charge is 0.318 e. The molecular weight excluding hydrogens is 226 g/mol. The Bertz CT molecular complexity index is 582. The summed E-state index contributed by atoms with van der Waals surface area (Å²) in [4.78, 5) is 11.6. The molecule has 4 heteroatoms. The Morgan fingerprint density at radius 1 is 1.17 bits per heavy atom. The Labute approximate surface area is 106 Å². The summed E-state index contributed by atoms with van der Waals surface area (Å²) in [6.45, 7) is 5.93. The first-order valence-electron chi connectivity index (χ1n) is 5.81. The van der Waals surface area contributed by atoms with Gasteiger partial charge in [0.15, 0.2) is 0 Å². The number of amides is 1. The molecule has 1 heterocycles. The molecule has 0 aliphatic carbocycles. The molecule has 0 saturated heterocycles. The van der Waals surface area contributed by atoms with Gasteiger partial charge in [-0.3, -0.25) is 10.2 Å². The molecule has 2 aromatic rings. The second-order valence-electron chi connectivity index (χ2n) is 4.43. The van der Waals surface area contributed by atoms with Crippen LogP contribution in [0.4, 0.5) is 0 Å². The van der Waals surface area contributed by atoms with Crippen LogP contribution in [0.1, 0.15) is 27.3 Å². The van der Waals surface area contributed by atoms with Crippen molar-refractivity contribution in [2.45, 2.75) is 20.8 Å². The third-order valence-corrected chi connectivity index (χ3v) is 3.10. The minimum absolute atomic E-state index is 0.263. The van der Waals surface area contributed by atoms with Crippen LogP contribution in [0.2, 0.25) is 0 Å². The highest BCUT2D eigenvalue weighted by molar-refractivity contribution is 5.95. The number of aromatic nitrogens is 1. The van der Waals surface area contributed by atoms with Gasteiger partial charge in [-0.25, -0.2) is 5.84 Å². The van der Waals surface area contributed by atoms with E-state index < -0.39 is 0 Å². The van der Waals surface area contributed by atoms with Gasteiger partial charge in [0.25, 0.3) is 5.91 Å². The molecule has 1 aromatic carbocycles. The first-order chi connectivity index (χ1) is 8.54. The smallest absolute Gasteiger partial charge is 0.267 e. The minimum Gasteiger partial charge on any atom is -0.318 e. The van der Waals surface area contributed by atoms with Crippen LogP contribution in [-0.4, -0.2) is 10.5 Å². The summed E-state index contributed by atoms with van der Waals surface area (Å²) >= 11 is 0. The first kappa shape index (κ1) is 12.4. The molecular formula is C14H17N3O. The number of carbonyl (C=O) groups excluding carboxylic acids is 1. The lowest BCUT2D eigenvalue weighted by atomic mass is 10.2. The quantitative estimate of drug-likeness (QED) is 0.481. The Morgan fingerprint density at radius 2 is 1.78 bits per heavy atom. The van der Waals surface area contributed by atoms with Crippen molar-refractivity contribution < 1.29 is 4.79 Å². The number of hydrogen-bond donors (Lipinski definition) is 2. The van der Waals surface area contributed by atoms with E-state index in [-0.39, 0.29) is 5.91 Å². The molecule has 0 radical (unpaired) electrons. The third kappa shape index (κ3) is 2.02. The predicted molar refractivity (Wildman–Crippen MR) is 71.6 cm³/mol. The molecule has 94 valence electrons. The van der Waals surface area contributed by atoms with Crippen LogP contribution < -0.4 is 11.3 Å². The number of nitrogens with one attached hydrogen (secondary N) is 1. The lowest BCUT2D eigenvalue weighted by Crippen LogP contribution is -2.30. The molecule has 0 saturated carbocycles. The highest BCUT2D eigenvalue weighted by Gasteiger charge is 2.15. The van der Waals surface area contributed by atoms with Crippen molar-refractivity contribution in [2.75, 3.05) is 0 Å². The van der Waals surface area contributed by atoms with Crippen molar-refractivity contribution >= 4 is 5.91 Å². The lowest BCUT2D eigenvalue weighted by molar-refractivity contribution is 0.0953. The van der Waals surface area contributed by atoms with E-state index in [1.54, 1.807) is 0 Å². The van der Waals surface area contributed by atoms with Gasteiger partial charge >= 0.3 is 0 Å². The number of nitrogens with zero attached hydrogens (tertiary/aromatic N) is 1. The first-order valence-corrected chi connectivity index (χ1v) is 5.81. The van der Waals surface area contributed by atoms with Gasteiger partial charge in [0.05, 0.1) is 5.56 Å². The second-order valence-corrected chi connectivity index (χ2v) is 4.43. The van der Waals surface area contributed by atoms with Crippen LogP contribution in [-0.2, 0) is 0 Å². The summed E-state index contributed by atoms with van der Waals surface area (Å²) in [5.41, 5.74) is 6.93. The number of rotatable bonds is 2. The van der Waals surface area contributed by atoms with E-state index in [2.05, 4.69) is 17.6 Å². The van der Waals surface area contributed by atoms with Crippen LogP contribution in [0.3, 0.4) is 0 Å². The SMILES string of the molecule is Cc1ccc(-n2c(C)cc(C(=O)NN)c2C)cc1. The summed E-state index contributed by atoms with van der Waals surface area (Å²) in [5.74, 6) is 4.92. The van der Waals surface area contributed by atoms with Gasteiger partial charge in [0.2, 0.25) is 0 Å². The van der Waals surface area contributed by atoms with E-state index in [1.165, 1.54) is 5.56 Å². The molecule has 4 nitrogen and oxygen atoms in total. The molecule has 0 unspecified atom stereocenters. The van der Waals surface area contributed by atoms with E-state index in [0.717, 1.165) is 17.1 Å². The number of hydrazine groups is 1. The monoisotopic (exact) mass is 243 g/mol. The molecule has 0 aliphatic rings. The van der Waals surface area contributed by atoms with E-state index in [1.807, 2.05) is 43.5 Å². The van der Waals surface area contributed by atoms with E-state index >= 15 is 0 Å². The number of aryl methyl sites for hydroxylation is 2. The van der Waals surface area contributed by atoms with E-state index in [0.29, 0.717) is 5.56 Å². The standard InChI is InChI=1S/C14H17N3O/c1-9-4-6-12(7-5-9)17-10(2)8-13(11(17)3)14(18)16-15/h4-8H,15H2,1-3H3,(H,16,18). The van der Waals surface area contributed by atoms with Crippen LogP contribution in [0, 0.1) is 20.8 Å². The normalized spacial score (nSPS) is 10.4. The zero-order valence-electron chi connectivity index (χ0n) is 10.8. The number of carbonyl (C=O) groups is 1. The van der Waals surface area contributed by atoms with Crippen molar-refractivity contribution in [1.82, 2.24) is 9.99 Å². The lowest BCUT2D eigenvalue weighted by Gasteiger charge is -2.10. The average Bonchev–Trinajstić information content (AvgIpc) is 2.65. The number of benzene rings is 1. The van der Waals surface area contributed by atoms with Gasteiger partial charge in [-0.1, -0.05) is 17.7 Å². The van der Waals surface area contributed by atoms with Crippen molar-refractivity contribution in [1.29, 1.82) is 0 Å². The summed E-state index contributed by atoms with van der Waals surface area (Å²) < 4.78 is 2.05. The van der Waals surface area contributed by atoms with Crippen molar-refractivity contribution in [3.05, 3.63) is 52.8 Å². The molecule has 1 amide bonds. The highest BCUT2D eigenvalue weighted by atomic mass is 16.2. The molecule has 0 bridgehead atoms. The van der Waals surface area contributed by atoms with Crippen molar-refractivity contribution in [2.24, 2.45) is 5.84 Å². The summed E-state index contributed by atoms with van der Waals surface area (Å²) in [6, 6.07) is 10.0. The van der Waals surface area contributed by atoms with Crippen LogP contribution in [0.25, 0.3) is 5.69 Å². The molecule has 0 aliphatic heterocycles. The zero-order valence-corrected chi connectivity index (χ0v) is 10.8. The van der Waals surface area contributed by atoms with Gasteiger partial charge in [-0.2, -0.15) is 0 Å². The number of nitrogen functional groups attached to an aromatic ring is 1. The van der Waals surface area contributed by atoms with E-state index in [4.69, 9.17) is 5.84 Å². The molecule has 3 N–H and O–H groups in total. The maximum atomic E-state index is 11.6. The Morgan fingerprint density at radius 3 is 2.33 bits per heavy atom. The van der Waals surface area contributed by atoms with Crippen LogP contribution in [0.15, 0.2) is 30.3 Å². The summed E-state index contributed by atoms with van der Waals surface area (Å²) in [6.07, 6.45) is 0. The Kier molecular flexibility index (Phi) is 3.21. The summed E-state index contributed by atoms with van der Waals surface area (Å²) in [7, 11) is 0. The molecule has 0 spiro atoms. The highest BCUT2D eigenvalue weighted by Crippen LogP contribution is 2.20. The minimum atomic E-state index is -0.263. The average molecular weight is 243 g/mol. The number of hydrogen-bond acceptors (Lipinski definition) is 2. The Hall–Kier alpha value is -2.07. The maximum Gasteiger partial charge on any atom is 0.267 e. The zero-order chi connectivity index (χ0) is 13.3. The molecule has 2 rings (SSSR count). The third-order valence-electron chi connectivity index (χ3n) is 3.10. The fraction of sp³-hybridized carbons (Fsp3) is 0.214. The summed E-state index contributed by atoms with van der Waals surface area (Å²) in [5, 5.41) is 0. The predicted octanol–water partition coefficient (Wildman–Crippen LogP) is 2.01. The number of nitrogens with two attached hydrogens (primary N) is 1. The van der Waals surface area contributed by atoms with Gasteiger partial charge in [0, 0.05) is 17.1 Å². The fourth-order valence-corrected chi connectivity index (χ4v) is 2.16. The second kappa shape index (κ2) is 4.66. The van der Waals surface area contributed by atoms with Crippen molar-refractivity contribution in [3.63, 3.8) is 0 Å². The van der Waals surface area contributed by atoms with Crippen molar-refractivity contribution in [3.8, 4) is 5.69 Å². The maximum absolute atomic E-state index is 11.6. The van der Waals surface area contributed by atoms with Gasteiger partial charge in [-0.05, 0) is 39.0 Å². The van der Waals surface area contributed by atoms with Crippen LogP contribution >= 0.6 is 0 Å². The fourth-order valence-electron chi connectivity index (χ4n) is 2.16. The molecule has 1 aromatic heterocycles. The topological polar surface area (TPSA) is 60.0 Å². The molecule has 0 fully saturated rings. The van der Waals surface area contributed by atoms with E-state index in [9.17, 15) is 4.79 Å². The Balaban J connectivity index is 2.55.